The average Bonchev–Trinajstić information content (AvgIpc) is 3.09. The summed E-state index contributed by atoms with van der Waals surface area (Å²) in [5.74, 6) is 1.80. The number of fused-ring (bicyclic) bond motifs is 1. The number of ether oxygens (including phenoxy) is 5. The maximum absolute atomic E-state index is 12.3. The number of H-pyrrole nitrogens is 1. The Bertz CT molecular complexity index is 988. The summed E-state index contributed by atoms with van der Waals surface area (Å²) in [4.78, 5) is 17.0. The van der Waals surface area contributed by atoms with Crippen molar-refractivity contribution < 1.29 is 28.5 Å². The minimum Gasteiger partial charge on any atom is -0.497 e. The van der Waals surface area contributed by atoms with Crippen molar-refractivity contribution in [3.05, 3.63) is 36.0 Å². The molecule has 2 aromatic carbocycles. The van der Waals surface area contributed by atoms with Crippen LogP contribution in [0, 0.1) is 0 Å². The number of esters is 1. The molecule has 3 aromatic rings. The summed E-state index contributed by atoms with van der Waals surface area (Å²) in [5.41, 5.74) is 1.17. The predicted octanol–water partition coefficient (Wildman–Crippen LogP) is 4.14. The van der Waals surface area contributed by atoms with Crippen LogP contribution in [-0.4, -0.2) is 46.5 Å². The topological polar surface area (TPSA) is 79.0 Å². The third kappa shape index (κ3) is 3.55. The van der Waals surface area contributed by atoms with E-state index >= 15 is 0 Å². The lowest BCUT2D eigenvalue weighted by atomic mass is 10.2. The summed E-state index contributed by atoms with van der Waals surface area (Å²) in [6.45, 7) is 0. The van der Waals surface area contributed by atoms with Gasteiger partial charge in [-0.1, -0.05) is 11.8 Å². The monoisotopic (exact) mass is 403 g/mol. The first-order valence-electron chi connectivity index (χ1n) is 8.32. The van der Waals surface area contributed by atoms with Crippen molar-refractivity contribution in [2.24, 2.45) is 0 Å². The van der Waals surface area contributed by atoms with E-state index < -0.39 is 5.97 Å². The Morgan fingerprint density at radius 3 is 2.11 bits per heavy atom. The molecule has 7 nitrogen and oxygen atoms in total. The molecule has 0 saturated heterocycles. The molecule has 0 saturated carbocycles. The van der Waals surface area contributed by atoms with Crippen LogP contribution in [0.15, 0.2) is 40.1 Å². The molecule has 1 aromatic heterocycles. The highest BCUT2D eigenvalue weighted by atomic mass is 32.2. The molecule has 1 heterocycles. The summed E-state index contributed by atoms with van der Waals surface area (Å²) in [6, 6.07) is 9.21. The third-order valence-corrected chi connectivity index (χ3v) is 5.31. The molecule has 1 N–H and O–H groups in total. The lowest BCUT2D eigenvalue weighted by Crippen LogP contribution is -2.02. The Labute approximate surface area is 166 Å². The first-order chi connectivity index (χ1) is 13.6. The van der Waals surface area contributed by atoms with E-state index in [2.05, 4.69) is 4.98 Å². The number of carbonyl (C=O) groups excluding carboxylic acids is 1. The van der Waals surface area contributed by atoms with Crippen LogP contribution < -0.4 is 18.9 Å². The first kappa shape index (κ1) is 19.8. The van der Waals surface area contributed by atoms with E-state index in [-0.39, 0.29) is 0 Å². The average molecular weight is 403 g/mol. The van der Waals surface area contributed by atoms with E-state index in [1.54, 1.807) is 28.4 Å². The van der Waals surface area contributed by atoms with E-state index in [9.17, 15) is 4.79 Å². The van der Waals surface area contributed by atoms with Gasteiger partial charge in [0, 0.05) is 15.8 Å². The molecule has 8 heteroatoms. The molecule has 3 rings (SSSR count). The largest absolute Gasteiger partial charge is 0.497 e. The standard InChI is InChI=1S/C20H21NO6S/c1-23-11-6-7-14-13(8-11)19(17(21-14)20(22)27-5)28-12-9-15(24-2)18(26-4)16(10-12)25-3/h6-10,21H,1-5H3. The van der Waals surface area contributed by atoms with Gasteiger partial charge in [0.1, 0.15) is 11.4 Å². The maximum atomic E-state index is 12.3. The molecule has 0 aliphatic heterocycles. The van der Waals surface area contributed by atoms with Crippen molar-refractivity contribution in [2.45, 2.75) is 9.79 Å². The predicted molar refractivity (Wildman–Crippen MR) is 106 cm³/mol. The highest BCUT2D eigenvalue weighted by molar-refractivity contribution is 7.99. The van der Waals surface area contributed by atoms with Crippen LogP contribution in [0.1, 0.15) is 10.5 Å². The molecular formula is C20H21NO6S. The highest BCUT2D eigenvalue weighted by Gasteiger charge is 2.22. The van der Waals surface area contributed by atoms with Crippen LogP contribution >= 0.6 is 11.8 Å². The van der Waals surface area contributed by atoms with Gasteiger partial charge in [-0.05, 0) is 30.3 Å². The van der Waals surface area contributed by atoms with Crippen molar-refractivity contribution in [1.82, 2.24) is 4.98 Å². The zero-order chi connectivity index (χ0) is 20.3. The molecule has 0 spiro atoms. The van der Waals surface area contributed by atoms with E-state index in [4.69, 9.17) is 23.7 Å². The number of hydrogen-bond acceptors (Lipinski definition) is 7. The fourth-order valence-electron chi connectivity index (χ4n) is 2.86. The van der Waals surface area contributed by atoms with Gasteiger partial charge in [-0.3, -0.25) is 0 Å². The molecule has 0 radical (unpaired) electrons. The lowest BCUT2D eigenvalue weighted by Gasteiger charge is -2.14. The summed E-state index contributed by atoms with van der Waals surface area (Å²) in [5, 5.41) is 0.846. The molecule has 0 amide bonds. The van der Waals surface area contributed by atoms with Crippen LogP contribution in [0.5, 0.6) is 23.0 Å². The van der Waals surface area contributed by atoms with Crippen LogP contribution in [0.25, 0.3) is 10.9 Å². The summed E-state index contributed by atoms with van der Waals surface area (Å²) >= 11 is 1.39. The smallest absolute Gasteiger partial charge is 0.355 e. The molecule has 0 unspecified atom stereocenters. The molecule has 28 heavy (non-hydrogen) atoms. The number of methoxy groups -OCH3 is 5. The van der Waals surface area contributed by atoms with Crippen molar-refractivity contribution >= 4 is 28.6 Å². The van der Waals surface area contributed by atoms with Gasteiger partial charge in [-0.25, -0.2) is 4.79 Å². The Morgan fingerprint density at radius 2 is 1.57 bits per heavy atom. The number of aromatic nitrogens is 1. The van der Waals surface area contributed by atoms with Gasteiger partial charge in [0.15, 0.2) is 11.5 Å². The fraction of sp³-hybridized carbons (Fsp3) is 0.250. The quantitative estimate of drug-likeness (QED) is 0.594. The summed E-state index contributed by atoms with van der Waals surface area (Å²) in [7, 11) is 7.61. The van der Waals surface area contributed by atoms with Gasteiger partial charge < -0.3 is 28.7 Å². The van der Waals surface area contributed by atoms with Gasteiger partial charge in [0.05, 0.1) is 40.4 Å². The second-order valence-corrected chi connectivity index (χ2v) is 6.78. The minimum absolute atomic E-state index is 0.365. The van der Waals surface area contributed by atoms with E-state index in [1.165, 1.54) is 18.9 Å². The Balaban J connectivity index is 2.16. The SMILES string of the molecule is COC(=O)c1[nH]c2ccc(OC)cc2c1Sc1cc(OC)c(OC)c(OC)c1. The molecule has 148 valence electrons. The van der Waals surface area contributed by atoms with Crippen molar-refractivity contribution in [1.29, 1.82) is 0 Å². The second kappa shape index (κ2) is 8.35. The van der Waals surface area contributed by atoms with Crippen molar-refractivity contribution in [3.63, 3.8) is 0 Å². The molecule has 0 fully saturated rings. The van der Waals surface area contributed by atoms with Gasteiger partial charge in [-0.15, -0.1) is 0 Å². The highest BCUT2D eigenvalue weighted by Crippen LogP contribution is 2.45. The van der Waals surface area contributed by atoms with Crippen molar-refractivity contribution in [3.8, 4) is 23.0 Å². The van der Waals surface area contributed by atoms with Crippen LogP contribution in [0.4, 0.5) is 0 Å². The minimum atomic E-state index is -0.454. The maximum Gasteiger partial charge on any atom is 0.355 e. The van der Waals surface area contributed by atoms with E-state index in [1.807, 2.05) is 30.3 Å². The number of hydrogen-bond donors (Lipinski definition) is 1. The molecule has 0 aliphatic rings. The fourth-order valence-corrected chi connectivity index (χ4v) is 3.94. The summed E-state index contributed by atoms with van der Waals surface area (Å²) in [6.07, 6.45) is 0. The van der Waals surface area contributed by atoms with Gasteiger partial charge >= 0.3 is 5.97 Å². The summed E-state index contributed by atoms with van der Waals surface area (Å²) < 4.78 is 26.5. The molecule has 0 bridgehead atoms. The third-order valence-electron chi connectivity index (χ3n) is 4.21. The zero-order valence-corrected chi connectivity index (χ0v) is 17.1. The molecule has 0 atom stereocenters. The second-order valence-electron chi connectivity index (χ2n) is 5.70. The number of nitrogens with one attached hydrogen (secondary N) is 1. The Hall–Kier alpha value is -3.00. The number of rotatable bonds is 7. The van der Waals surface area contributed by atoms with Gasteiger partial charge in [0.25, 0.3) is 0 Å². The molecular weight excluding hydrogens is 382 g/mol. The number of carbonyl (C=O) groups is 1. The van der Waals surface area contributed by atoms with Crippen LogP contribution in [0.2, 0.25) is 0 Å². The van der Waals surface area contributed by atoms with Crippen LogP contribution in [0.3, 0.4) is 0 Å². The van der Waals surface area contributed by atoms with E-state index in [0.717, 1.165) is 20.7 Å². The normalized spacial score (nSPS) is 10.6. The lowest BCUT2D eigenvalue weighted by molar-refractivity contribution is 0.0591. The Kier molecular flexibility index (Phi) is 5.89. The number of aromatic amines is 1. The Morgan fingerprint density at radius 1 is 0.893 bits per heavy atom. The molecule has 0 aliphatic carbocycles. The van der Waals surface area contributed by atoms with Crippen molar-refractivity contribution in [2.75, 3.05) is 35.5 Å². The number of benzene rings is 2. The zero-order valence-electron chi connectivity index (χ0n) is 16.2. The van der Waals surface area contributed by atoms with Crippen LogP contribution in [-0.2, 0) is 4.74 Å². The van der Waals surface area contributed by atoms with Gasteiger partial charge in [-0.2, -0.15) is 0 Å². The first-order valence-corrected chi connectivity index (χ1v) is 9.13. The van der Waals surface area contributed by atoms with Gasteiger partial charge in [0.2, 0.25) is 5.75 Å². The van der Waals surface area contributed by atoms with E-state index in [0.29, 0.717) is 28.7 Å².